The number of thiophene rings is 1. The third-order valence-electron chi connectivity index (χ3n) is 2.63. The van der Waals surface area contributed by atoms with Gasteiger partial charge in [0.2, 0.25) is 0 Å². The highest BCUT2D eigenvalue weighted by Crippen LogP contribution is 2.09. The smallest absolute Gasteiger partial charge is 0.326 e. The number of carbonyl (C=O) groups is 2. The molecule has 0 saturated heterocycles. The molecule has 0 aliphatic heterocycles. The highest BCUT2D eigenvalue weighted by Gasteiger charge is 2.21. The molecule has 1 heterocycles. The van der Waals surface area contributed by atoms with Crippen LogP contribution < -0.4 is 5.32 Å². The quantitative estimate of drug-likeness (QED) is 0.879. The van der Waals surface area contributed by atoms with E-state index in [1.165, 1.54) is 11.3 Å². The number of hydrogen-bond donors (Lipinski definition) is 2. The van der Waals surface area contributed by atoms with Crippen molar-refractivity contribution in [2.24, 2.45) is 0 Å². The summed E-state index contributed by atoms with van der Waals surface area (Å²) in [6.45, 7) is 0. The number of carboxylic acid groups (broad SMARTS) is 1. The Balaban J connectivity index is 2.05. The maximum absolute atomic E-state index is 11.8. The van der Waals surface area contributed by atoms with E-state index in [0.717, 1.165) is 5.56 Å². The van der Waals surface area contributed by atoms with E-state index < -0.39 is 12.0 Å². The van der Waals surface area contributed by atoms with E-state index in [9.17, 15) is 9.59 Å². The highest BCUT2D eigenvalue weighted by atomic mass is 32.1. The average molecular weight is 275 g/mol. The fourth-order valence-electron chi connectivity index (χ4n) is 1.69. The first-order valence-electron chi connectivity index (χ1n) is 5.78. The zero-order chi connectivity index (χ0) is 13.7. The summed E-state index contributed by atoms with van der Waals surface area (Å²) in [5.74, 6) is -1.38. The zero-order valence-electron chi connectivity index (χ0n) is 10.1. The molecule has 1 aromatic heterocycles. The van der Waals surface area contributed by atoms with E-state index in [4.69, 9.17) is 5.11 Å². The number of nitrogens with one attached hydrogen (secondary N) is 1. The number of rotatable bonds is 5. The molecule has 0 spiro atoms. The van der Waals surface area contributed by atoms with Gasteiger partial charge in [-0.25, -0.2) is 4.79 Å². The first kappa shape index (κ1) is 13.3. The maximum atomic E-state index is 11.8. The first-order chi connectivity index (χ1) is 9.16. The van der Waals surface area contributed by atoms with Crippen LogP contribution in [-0.2, 0) is 11.2 Å². The molecule has 2 aromatic rings. The van der Waals surface area contributed by atoms with E-state index >= 15 is 0 Å². The summed E-state index contributed by atoms with van der Waals surface area (Å²) in [7, 11) is 0. The topological polar surface area (TPSA) is 66.4 Å². The summed E-state index contributed by atoms with van der Waals surface area (Å²) < 4.78 is 0. The van der Waals surface area contributed by atoms with Crippen LogP contribution >= 0.6 is 11.3 Å². The lowest BCUT2D eigenvalue weighted by atomic mass is 10.1. The van der Waals surface area contributed by atoms with Crippen LogP contribution in [0.1, 0.15) is 15.2 Å². The van der Waals surface area contributed by atoms with Crippen LogP contribution in [-0.4, -0.2) is 23.0 Å². The SMILES string of the molecule is O=C(NC(Cc1ccccc1)C(=O)O)c1cccs1. The van der Waals surface area contributed by atoms with Crippen LogP contribution in [0.3, 0.4) is 0 Å². The third-order valence-corrected chi connectivity index (χ3v) is 3.50. The van der Waals surface area contributed by atoms with Crippen molar-refractivity contribution in [2.45, 2.75) is 12.5 Å². The Labute approximate surface area is 114 Å². The van der Waals surface area contributed by atoms with Crippen molar-refractivity contribution in [2.75, 3.05) is 0 Å². The van der Waals surface area contributed by atoms with Crippen molar-refractivity contribution in [1.82, 2.24) is 5.32 Å². The molecule has 0 bridgehead atoms. The molecule has 2 rings (SSSR count). The molecular weight excluding hydrogens is 262 g/mol. The van der Waals surface area contributed by atoms with Gasteiger partial charge < -0.3 is 10.4 Å². The number of carbonyl (C=O) groups excluding carboxylic acids is 1. The van der Waals surface area contributed by atoms with Crippen molar-refractivity contribution in [1.29, 1.82) is 0 Å². The van der Waals surface area contributed by atoms with Gasteiger partial charge in [-0.15, -0.1) is 11.3 Å². The molecule has 1 unspecified atom stereocenters. The normalized spacial score (nSPS) is 11.8. The second-order valence-corrected chi connectivity index (χ2v) is 4.98. The van der Waals surface area contributed by atoms with E-state index in [-0.39, 0.29) is 12.3 Å². The van der Waals surface area contributed by atoms with Gasteiger partial charge in [-0.3, -0.25) is 4.79 Å². The molecule has 19 heavy (non-hydrogen) atoms. The molecule has 5 heteroatoms. The molecule has 4 nitrogen and oxygen atoms in total. The van der Waals surface area contributed by atoms with Crippen LogP contribution in [0, 0.1) is 0 Å². The minimum atomic E-state index is -1.03. The standard InChI is InChI=1S/C14H13NO3S/c16-13(12-7-4-8-19-12)15-11(14(17)18)9-10-5-2-1-3-6-10/h1-8,11H,9H2,(H,15,16)(H,17,18). The van der Waals surface area contributed by atoms with E-state index in [1.807, 2.05) is 30.3 Å². The Morgan fingerprint density at radius 1 is 1.16 bits per heavy atom. The van der Waals surface area contributed by atoms with E-state index in [2.05, 4.69) is 5.32 Å². The fourth-order valence-corrected chi connectivity index (χ4v) is 2.31. The minimum Gasteiger partial charge on any atom is -0.480 e. The number of benzene rings is 1. The molecule has 98 valence electrons. The molecule has 0 fully saturated rings. The van der Waals surface area contributed by atoms with Gasteiger partial charge in [-0.1, -0.05) is 36.4 Å². The second kappa shape index (κ2) is 6.15. The van der Waals surface area contributed by atoms with Crippen LogP contribution in [0.2, 0.25) is 0 Å². The summed E-state index contributed by atoms with van der Waals surface area (Å²) in [5, 5.41) is 13.5. The van der Waals surface area contributed by atoms with Crippen molar-refractivity contribution in [3.63, 3.8) is 0 Å². The van der Waals surface area contributed by atoms with Gasteiger partial charge in [-0.2, -0.15) is 0 Å². The number of amides is 1. The van der Waals surface area contributed by atoms with Crippen molar-refractivity contribution >= 4 is 23.2 Å². The Morgan fingerprint density at radius 3 is 2.47 bits per heavy atom. The molecule has 0 aliphatic carbocycles. The largest absolute Gasteiger partial charge is 0.480 e. The summed E-state index contributed by atoms with van der Waals surface area (Å²) >= 11 is 1.29. The van der Waals surface area contributed by atoms with Gasteiger partial charge in [-0.05, 0) is 17.0 Å². The van der Waals surface area contributed by atoms with Gasteiger partial charge in [0.15, 0.2) is 0 Å². The Kier molecular flexibility index (Phi) is 4.30. The molecule has 1 aromatic carbocycles. The minimum absolute atomic E-state index is 0.271. The van der Waals surface area contributed by atoms with E-state index in [0.29, 0.717) is 4.88 Å². The molecule has 2 N–H and O–H groups in total. The molecular formula is C14H13NO3S. The van der Waals surface area contributed by atoms with Gasteiger partial charge in [0.05, 0.1) is 4.88 Å². The Morgan fingerprint density at radius 2 is 1.89 bits per heavy atom. The fraction of sp³-hybridized carbons (Fsp3) is 0.143. The van der Waals surface area contributed by atoms with Gasteiger partial charge in [0.25, 0.3) is 5.91 Å². The summed E-state index contributed by atoms with van der Waals surface area (Å²) in [6.07, 6.45) is 0.271. The number of hydrogen-bond acceptors (Lipinski definition) is 3. The number of aliphatic carboxylic acids is 1. The predicted octanol–water partition coefficient (Wildman–Crippen LogP) is 2.17. The van der Waals surface area contributed by atoms with Crippen LogP contribution in [0.4, 0.5) is 0 Å². The highest BCUT2D eigenvalue weighted by molar-refractivity contribution is 7.12. The van der Waals surface area contributed by atoms with Crippen molar-refractivity contribution in [3.05, 3.63) is 58.3 Å². The molecule has 0 radical (unpaired) electrons. The third kappa shape index (κ3) is 3.66. The second-order valence-electron chi connectivity index (χ2n) is 4.03. The first-order valence-corrected chi connectivity index (χ1v) is 6.66. The molecule has 0 aliphatic rings. The van der Waals surface area contributed by atoms with E-state index in [1.54, 1.807) is 17.5 Å². The summed E-state index contributed by atoms with van der Waals surface area (Å²) in [4.78, 5) is 23.6. The lowest BCUT2D eigenvalue weighted by Crippen LogP contribution is -2.42. The summed E-state index contributed by atoms with van der Waals surface area (Å²) in [5.41, 5.74) is 0.876. The van der Waals surface area contributed by atoms with Gasteiger partial charge in [0.1, 0.15) is 6.04 Å². The van der Waals surface area contributed by atoms with Crippen LogP contribution in [0.5, 0.6) is 0 Å². The van der Waals surface area contributed by atoms with Crippen molar-refractivity contribution < 1.29 is 14.7 Å². The Hall–Kier alpha value is -2.14. The van der Waals surface area contributed by atoms with Crippen molar-refractivity contribution in [3.8, 4) is 0 Å². The van der Waals surface area contributed by atoms with Gasteiger partial charge in [0, 0.05) is 6.42 Å². The lowest BCUT2D eigenvalue weighted by Gasteiger charge is -2.13. The monoisotopic (exact) mass is 275 g/mol. The van der Waals surface area contributed by atoms with Gasteiger partial charge >= 0.3 is 5.97 Å². The van der Waals surface area contributed by atoms with Crippen LogP contribution in [0.25, 0.3) is 0 Å². The Bertz CT molecular complexity index is 551. The molecule has 0 saturated carbocycles. The average Bonchev–Trinajstić information content (AvgIpc) is 2.93. The molecule has 1 amide bonds. The summed E-state index contributed by atoms with van der Waals surface area (Å²) in [6, 6.07) is 11.7. The van der Waals surface area contributed by atoms with Crippen LogP contribution in [0.15, 0.2) is 47.8 Å². The molecule has 1 atom stereocenters. The lowest BCUT2D eigenvalue weighted by molar-refractivity contribution is -0.139. The zero-order valence-corrected chi connectivity index (χ0v) is 10.9. The maximum Gasteiger partial charge on any atom is 0.326 e. The number of carboxylic acids is 1. The predicted molar refractivity (Wildman–Crippen MR) is 73.4 cm³/mol.